The van der Waals surface area contributed by atoms with E-state index in [0.717, 1.165) is 25.9 Å². The van der Waals surface area contributed by atoms with E-state index < -0.39 is 10.8 Å². The number of piperidine rings is 1. The van der Waals surface area contributed by atoms with Crippen molar-refractivity contribution in [1.29, 1.82) is 0 Å². The summed E-state index contributed by atoms with van der Waals surface area (Å²) in [5, 5.41) is 11.8. The number of aromatic nitrogens is 2. The molecule has 1 aliphatic rings. The average molecular weight is 282 g/mol. The summed E-state index contributed by atoms with van der Waals surface area (Å²) >= 11 is 5.62. The van der Waals surface area contributed by atoms with Gasteiger partial charge in [-0.15, -0.1) is 22.6 Å². The second-order valence-electron chi connectivity index (χ2n) is 3.46. The highest BCUT2D eigenvalue weighted by atomic mass is 35.5. The van der Waals surface area contributed by atoms with Gasteiger partial charge in [0, 0.05) is 6.54 Å². The van der Waals surface area contributed by atoms with Gasteiger partial charge in [0.25, 0.3) is 0 Å². The molecule has 90 valence electrons. The molecule has 0 saturated carbocycles. The Morgan fingerprint density at radius 3 is 2.81 bits per heavy atom. The van der Waals surface area contributed by atoms with Gasteiger partial charge in [-0.25, -0.2) is 0 Å². The van der Waals surface area contributed by atoms with E-state index in [4.69, 9.17) is 11.6 Å². The lowest BCUT2D eigenvalue weighted by atomic mass is 10.2. The van der Waals surface area contributed by atoms with Crippen LogP contribution in [0.3, 0.4) is 0 Å². The largest absolute Gasteiger partial charge is 0.316 e. The molecule has 1 aliphatic heterocycles. The third kappa shape index (κ3) is 3.38. The van der Waals surface area contributed by atoms with Gasteiger partial charge in [-0.1, -0.05) is 11.6 Å². The number of halogens is 2. The minimum atomic E-state index is -1.07. The van der Waals surface area contributed by atoms with Gasteiger partial charge in [-0.3, -0.25) is 4.21 Å². The topological polar surface area (TPSA) is 54.9 Å². The lowest BCUT2D eigenvalue weighted by Gasteiger charge is -2.21. The Morgan fingerprint density at radius 1 is 1.44 bits per heavy atom. The summed E-state index contributed by atoms with van der Waals surface area (Å²) in [5.41, 5.74) is 0. The highest BCUT2D eigenvalue weighted by molar-refractivity contribution is 7.85. The van der Waals surface area contributed by atoms with Crippen LogP contribution in [0, 0.1) is 0 Å². The van der Waals surface area contributed by atoms with Gasteiger partial charge in [-0.05, 0) is 31.5 Å². The van der Waals surface area contributed by atoms with Crippen molar-refractivity contribution >= 4 is 34.8 Å². The number of nitrogens with zero attached hydrogens (tertiary/aromatic N) is 2. The maximum atomic E-state index is 12.0. The summed E-state index contributed by atoms with van der Waals surface area (Å²) in [7, 11) is -1.07. The second kappa shape index (κ2) is 6.49. The van der Waals surface area contributed by atoms with E-state index in [2.05, 4.69) is 15.5 Å². The molecule has 1 fully saturated rings. The summed E-state index contributed by atoms with van der Waals surface area (Å²) in [5.74, 6) is 0. The molecule has 2 unspecified atom stereocenters. The molecule has 0 spiro atoms. The van der Waals surface area contributed by atoms with E-state index in [1.165, 1.54) is 0 Å². The number of hydrogen-bond acceptors (Lipinski definition) is 4. The first-order valence-electron chi connectivity index (χ1n) is 4.88. The van der Waals surface area contributed by atoms with Crippen LogP contribution < -0.4 is 5.32 Å². The number of rotatable bonds is 2. The summed E-state index contributed by atoms with van der Waals surface area (Å²) in [6.45, 7) is 1.80. The van der Waals surface area contributed by atoms with Crippen molar-refractivity contribution in [2.24, 2.45) is 0 Å². The summed E-state index contributed by atoms with van der Waals surface area (Å²) in [4.78, 5) is 0. The molecule has 0 aliphatic carbocycles. The van der Waals surface area contributed by atoms with Gasteiger partial charge >= 0.3 is 0 Å². The zero-order chi connectivity index (χ0) is 10.7. The smallest absolute Gasteiger partial charge is 0.151 e. The van der Waals surface area contributed by atoms with Gasteiger partial charge < -0.3 is 5.32 Å². The van der Waals surface area contributed by atoms with E-state index in [0.29, 0.717) is 10.2 Å². The van der Waals surface area contributed by atoms with E-state index in [-0.39, 0.29) is 17.7 Å². The maximum Gasteiger partial charge on any atom is 0.151 e. The Bertz CT molecular complexity index is 354. The number of hydrogen-bond donors (Lipinski definition) is 1. The highest BCUT2D eigenvalue weighted by Crippen LogP contribution is 2.15. The molecule has 16 heavy (non-hydrogen) atoms. The molecule has 2 heterocycles. The molecular weight excluding hydrogens is 269 g/mol. The average Bonchev–Trinajstić information content (AvgIpc) is 2.30. The van der Waals surface area contributed by atoms with Gasteiger partial charge in [-0.2, -0.15) is 0 Å². The molecule has 0 amide bonds. The maximum absolute atomic E-state index is 12.0. The predicted octanol–water partition coefficient (Wildman–Crippen LogP) is 1.41. The molecule has 7 heteroatoms. The molecule has 0 aromatic carbocycles. The van der Waals surface area contributed by atoms with E-state index in [9.17, 15) is 4.21 Å². The molecule has 0 bridgehead atoms. The molecule has 2 atom stereocenters. The zero-order valence-corrected chi connectivity index (χ0v) is 10.9. The Morgan fingerprint density at radius 2 is 2.25 bits per heavy atom. The molecule has 1 N–H and O–H groups in total. The minimum absolute atomic E-state index is 0. The van der Waals surface area contributed by atoms with Crippen molar-refractivity contribution in [3.8, 4) is 0 Å². The van der Waals surface area contributed by atoms with Crippen molar-refractivity contribution in [2.45, 2.75) is 23.1 Å². The third-order valence-electron chi connectivity index (χ3n) is 2.37. The van der Waals surface area contributed by atoms with E-state index in [1.54, 1.807) is 12.1 Å². The first kappa shape index (κ1) is 13.8. The lowest BCUT2D eigenvalue weighted by Crippen LogP contribution is -2.36. The van der Waals surface area contributed by atoms with Crippen molar-refractivity contribution in [3.63, 3.8) is 0 Å². The molecule has 0 radical (unpaired) electrons. The number of nitrogens with one attached hydrogen (secondary N) is 1. The van der Waals surface area contributed by atoms with Crippen molar-refractivity contribution in [3.05, 3.63) is 17.3 Å². The fraction of sp³-hybridized carbons (Fsp3) is 0.556. The standard InChI is InChI=1S/C9H12ClN3OS.ClH/c10-8-3-4-9(13-12-8)15(14)7-2-1-5-11-6-7;/h3-4,7,11H,1-2,5-6H2;1H. The lowest BCUT2D eigenvalue weighted by molar-refractivity contribution is 0.518. The van der Waals surface area contributed by atoms with E-state index in [1.807, 2.05) is 0 Å². The van der Waals surface area contributed by atoms with Crippen LogP contribution >= 0.6 is 24.0 Å². The van der Waals surface area contributed by atoms with Gasteiger partial charge in [0.05, 0.1) is 16.0 Å². The Balaban J connectivity index is 0.00000128. The van der Waals surface area contributed by atoms with Crippen LogP contribution in [0.5, 0.6) is 0 Å². The van der Waals surface area contributed by atoms with Crippen LogP contribution in [-0.2, 0) is 10.8 Å². The molecule has 2 rings (SSSR count). The third-order valence-corrected chi connectivity index (χ3v) is 4.21. The quantitative estimate of drug-likeness (QED) is 0.891. The first-order valence-corrected chi connectivity index (χ1v) is 6.47. The van der Waals surface area contributed by atoms with Crippen LogP contribution in [-0.4, -0.2) is 32.7 Å². The highest BCUT2D eigenvalue weighted by Gasteiger charge is 2.21. The molecule has 4 nitrogen and oxygen atoms in total. The molecule has 1 aromatic heterocycles. The van der Waals surface area contributed by atoms with Crippen molar-refractivity contribution in [2.75, 3.05) is 13.1 Å². The Hall–Kier alpha value is -0.230. The first-order chi connectivity index (χ1) is 7.27. The van der Waals surface area contributed by atoms with Crippen LogP contribution in [0.2, 0.25) is 5.15 Å². The second-order valence-corrected chi connectivity index (χ2v) is 5.53. The minimum Gasteiger partial charge on any atom is -0.316 e. The normalized spacial score (nSPS) is 22.2. The fourth-order valence-corrected chi connectivity index (χ4v) is 3.00. The monoisotopic (exact) mass is 281 g/mol. The van der Waals surface area contributed by atoms with E-state index >= 15 is 0 Å². The summed E-state index contributed by atoms with van der Waals surface area (Å²) < 4.78 is 12.0. The van der Waals surface area contributed by atoms with Crippen LogP contribution in [0.4, 0.5) is 0 Å². The Labute approximate surface area is 108 Å². The molecule has 1 aromatic rings. The van der Waals surface area contributed by atoms with Crippen LogP contribution in [0.1, 0.15) is 12.8 Å². The Kier molecular flexibility index (Phi) is 5.61. The van der Waals surface area contributed by atoms with Crippen molar-refractivity contribution < 1.29 is 4.21 Å². The zero-order valence-electron chi connectivity index (χ0n) is 8.56. The molecular formula is C9H13Cl2N3OS. The summed E-state index contributed by atoms with van der Waals surface area (Å²) in [6.07, 6.45) is 2.04. The van der Waals surface area contributed by atoms with Crippen LogP contribution in [0.15, 0.2) is 17.2 Å². The van der Waals surface area contributed by atoms with Gasteiger partial charge in [0.1, 0.15) is 5.03 Å². The van der Waals surface area contributed by atoms with Crippen molar-refractivity contribution in [1.82, 2.24) is 15.5 Å². The van der Waals surface area contributed by atoms with Crippen LogP contribution in [0.25, 0.3) is 0 Å². The predicted molar refractivity (Wildman–Crippen MR) is 66.6 cm³/mol. The van der Waals surface area contributed by atoms with Gasteiger partial charge in [0.2, 0.25) is 0 Å². The SMILES string of the molecule is Cl.O=S(c1ccc(Cl)nn1)C1CCCNC1. The fourth-order valence-electron chi connectivity index (χ4n) is 1.58. The summed E-state index contributed by atoms with van der Waals surface area (Å²) in [6, 6.07) is 3.30. The molecule has 1 saturated heterocycles. The van der Waals surface area contributed by atoms with Gasteiger partial charge in [0.15, 0.2) is 5.15 Å².